The van der Waals surface area contributed by atoms with Gasteiger partial charge in [-0.1, -0.05) is 20.8 Å². The molecule has 2 aliphatic heterocycles. The summed E-state index contributed by atoms with van der Waals surface area (Å²) < 4.78 is 0. The predicted molar refractivity (Wildman–Crippen MR) is 101 cm³/mol. The highest BCUT2D eigenvalue weighted by atomic mass is 35.5. The third-order valence-electron chi connectivity index (χ3n) is 5.73. The zero-order valence-corrected chi connectivity index (χ0v) is 16.7. The van der Waals surface area contributed by atoms with Gasteiger partial charge in [-0.3, -0.25) is 14.5 Å². The van der Waals surface area contributed by atoms with Gasteiger partial charge in [0.2, 0.25) is 5.91 Å². The predicted octanol–water partition coefficient (Wildman–Crippen LogP) is 1.49. The molecule has 0 aromatic heterocycles. The molecule has 0 bridgehead atoms. The van der Waals surface area contributed by atoms with Crippen molar-refractivity contribution < 1.29 is 14.4 Å². The van der Waals surface area contributed by atoms with Gasteiger partial charge in [-0.25, -0.2) is 4.79 Å². The second-order valence-electron chi connectivity index (χ2n) is 9.00. The van der Waals surface area contributed by atoms with Crippen molar-refractivity contribution in [1.82, 2.24) is 15.1 Å². The second-order valence-corrected chi connectivity index (χ2v) is 9.00. The van der Waals surface area contributed by atoms with Crippen LogP contribution < -0.4 is 11.1 Å². The summed E-state index contributed by atoms with van der Waals surface area (Å²) >= 11 is 0. The molecule has 3 fully saturated rings. The molecule has 3 rings (SSSR count). The van der Waals surface area contributed by atoms with Crippen LogP contribution in [0.2, 0.25) is 0 Å². The Balaban J connectivity index is 0.00000243. The van der Waals surface area contributed by atoms with Crippen LogP contribution in [0.1, 0.15) is 52.9 Å². The van der Waals surface area contributed by atoms with Crippen molar-refractivity contribution in [2.45, 2.75) is 64.5 Å². The number of rotatable bonds is 2. The number of hydrogen-bond acceptors (Lipinski definition) is 4. The first-order valence-electron chi connectivity index (χ1n) is 9.29. The largest absolute Gasteiger partial charge is 0.340 e. The fraction of sp³-hybridized carbons (Fsp3) is 0.833. The number of amides is 4. The van der Waals surface area contributed by atoms with E-state index in [0.29, 0.717) is 31.8 Å². The lowest BCUT2D eigenvalue weighted by molar-refractivity contribution is -0.141. The third kappa shape index (κ3) is 3.98. The molecule has 3 unspecified atom stereocenters. The fourth-order valence-corrected chi connectivity index (χ4v) is 5.12. The maximum atomic E-state index is 13.1. The van der Waals surface area contributed by atoms with Gasteiger partial charge in [0.05, 0.1) is 0 Å². The normalized spacial score (nSPS) is 33.8. The lowest BCUT2D eigenvalue weighted by atomic mass is 9.64. The molecular weight excluding hydrogens is 356 g/mol. The minimum atomic E-state index is -0.850. The molecule has 0 aromatic carbocycles. The monoisotopic (exact) mass is 386 g/mol. The average molecular weight is 387 g/mol. The summed E-state index contributed by atoms with van der Waals surface area (Å²) in [6, 6.07) is -0.461. The lowest BCUT2D eigenvalue weighted by Crippen LogP contribution is -2.54. The molecule has 7 nitrogen and oxygen atoms in total. The van der Waals surface area contributed by atoms with Crippen LogP contribution in [-0.4, -0.2) is 58.9 Å². The molecule has 3 atom stereocenters. The molecule has 2 heterocycles. The van der Waals surface area contributed by atoms with Gasteiger partial charge in [-0.05, 0) is 43.4 Å². The Kier molecular flexibility index (Phi) is 5.93. The van der Waals surface area contributed by atoms with Crippen molar-refractivity contribution >= 4 is 30.3 Å². The number of nitrogens with two attached hydrogens (primary N) is 1. The molecule has 4 amide bonds. The van der Waals surface area contributed by atoms with Crippen LogP contribution in [0.3, 0.4) is 0 Å². The number of likely N-dealkylation sites (tertiary alicyclic amines) is 1. The van der Waals surface area contributed by atoms with Crippen molar-refractivity contribution in [2.75, 3.05) is 19.6 Å². The SMILES string of the molecule is CC1CC(C)(C)CC2(C1)NC(=O)N(CC(=O)N1CCCC(N)C1)C2=O.Cl. The summed E-state index contributed by atoms with van der Waals surface area (Å²) in [5.41, 5.74) is 5.06. The molecule has 3 aliphatic rings. The first-order chi connectivity index (χ1) is 11.6. The minimum absolute atomic E-state index is 0. The average Bonchev–Trinajstić information content (AvgIpc) is 2.68. The molecule has 26 heavy (non-hydrogen) atoms. The Morgan fingerprint density at radius 1 is 1.31 bits per heavy atom. The van der Waals surface area contributed by atoms with Gasteiger partial charge in [0.1, 0.15) is 12.1 Å². The van der Waals surface area contributed by atoms with Gasteiger partial charge >= 0.3 is 6.03 Å². The Morgan fingerprint density at radius 3 is 2.62 bits per heavy atom. The summed E-state index contributed by atoms with van der Waals surface area (Å²) in [6.07, 6.45) is 4.06. The second kappa shape index (κ2) is 7.35. The minimum Gasteiger partial charge on any atom is -0.340 e. The van der Waals surface area contributed by atoms with Gasteiger partial charge < -0.3 is 16.0 Å². The van der Waals surface area contributed by atoms with Crippen molar-refractivity contribution in [2.24, 2.45) is 17.1 Å². The van der Waals surface area contributed by atoms with E-state index in [1.54, 1.807) is 4.90 Å². The van der Waals surface area contributed by atoms with E-state index in [9.17, 15) is 14.4 Å². The van der Waals surface area contributed by atoms with E-state index in [1.807, 2.05) is 0 Å². The molecule has 8 heteroatoms. The zero-order chi connectivity index (χ0) is 18.4. The number of carbonyl (C=O) groups is 3. The molecule has 0 aromatic rings. The van der Waals surface area contributed by atoms with Crippen molar-refractivity contribution in [1.29, 1.82) is 0 Å². The summed E-state index contributed by atoms with van der Waals surface area (Å²) in [7, 11) is 0. The van der Waals surface area contributed by atoms with Crippen LogP contribution in [-0.2, 0) is 9.59 Å². The highest BCUT2D eigenvalue weighted by molar-refractivity contribution is 6.09. The van der Waals surface area contributed by atoms with Gasteiger partial charge in [-0.15, -0.1) is 12.4 Å². The summed E-state index contributed by atoms with van der Waals surface area (Å²) in [6.45, 7) is 7.33. The number of nitrogens with one attached hydrogen (secondary N) is 1. The molecule has 148 valence electrons. The van der Waals surface area contributed by atoms with E-state index in [-0.39, 0.29) is 42.2 Å². The molecule has 1 spiro atoms. The molecular formula is C18H31ClN4O3. The van der Waals surface area contributed by atoms with Crippen LogP contribution in [0.5, 0.6) is 0 Å². The highest BCUT2D eigenvalue weighted by Gasteiger charge is 2.56. The van der Waals surface area contributed by atoms with E-state index in [4.69, 9.17) is 5.73 Å². The Labute approximate surface area is 161 Å². The quantitative estimate of drug-likeness (QED) is 0.703. The number of nitrogens with zero attached hydrogens (tertiary/aromatic N) is 2. The maximum Gasteiger partial charge on any atom is 0.325 e. The maximum absolute atomic E-state index is 13.1. The molecule has 2 saturated heterocycles. The fourth-order valence-electron chi connectivity index (χ4n) is 5.12. The van der Waals surface area contributed by atoms with Crippen molar-refractivity contribution in [3.05, 3.63) is 0 Å². The van der Waals surface area contributed by atoms with Crippen LogP contribution in [0, 0.1) is 11.3 Å². The van der Waals surface area contributed by atoms with E-state index in [0.717, 1.165) is 24.2 Å². The first kappa shape index (κ1) is 21.0. The van der Waals surface area contributed by atoms with Gasteiger partial charge in [0.25, 0.3) is 5.91 Å². The van der Waals surface area contributed by atoms with E-state index >= 15 is 0 Å². The van der Waals surface area contributed by atoms with Gasteiger partial charge in [-0.2, -0.15) is 0 Å². The smallest absolute Gasteiger partial charge is 0.325 e. The van der Waals surface area contributed by atoms with Crippen LogP contribution in [0.15, 0.2) is 0 Å². The molecule has 0 radical (unpaired) electrons. The number of urea groups is 1. The Morgan fingerprint density at radius 2 is 2.00 bits per heavy atom. The number of imide groups is 1. The lowest BCUT2D eigenvalue weighted by Gasteiger charge is -2.43. The van der Waals surface area contributed by atoms with E-state index < -0.39 is 11.6 Å². The number of halogens is 1. The van der Waals surface area contributed by atoms with E-state index in [1.165, 1.54) is 0 Å². The molecule has 1 saturated carbocycles. The molecule has 3 N–H and O–H groups in total. The number of piperidine rings is 1. The van der Waals surface area contributed by atoms with E-state index in [2.05, 4.69) is 26.1 Å². The topological polar surface area (TPSA) is 95.7 Å². The number of hydrogen-bond donors (Lipinski definition) is 2. The van der Waals surface area contributed by atoms with Crippen molar-refractivity contribution in [3.8, 4) is 0 Å². The summed E-state index contributed by atoms with van der Waals surface area (Å²) in [5, 5.41) is 2.91. The first-order valence-corrected chi connectivity index (χ1v) is 9.29. The van der Waals surface area contributed by atoms with Crippen LogP contribution >= 0.6 is 12.4 Å². The summed E-state index contributed by atoms with van der Waals surface area (Å²) in [5.74, 6) is -0.0886. The number of carbonyl (C=O) groups excluding carboxylic acids is 3. The van der Waals surface area contributed by atoms with Crippen LogP contribution in [0.4, 0.5) is 4.79 Å². The Hall–Kier alpha value is -1.34. The van der Waals surface area contributed by atoms with Gasteiger partial charge in [0.15, 0.2) is 0 Å². The third-order valence-corrected chi connectivity index (χ3v) is 5.73. The Bertz CT molecular complexity index is 597. The van der Waals surface area contributed by atoms with Crippen molar-refractivity contribution in [3.63, 3.8) is 0 Å². The zero-order valence-electron chi connectivity index (χ0n) is 15.9. The molecule has 1 aliphatic carbocycles. The summed E-state index contributed by atoms with van der Waals surface area (Å²) in [4.78, 5) is 40.8. The standard InChI is InChI=1S/C18H30N4O3.ClH/c1-12-7-17(2,3)11-18(8-12)15(24)22(16(25)20-18)10-14(23)21-6-4-5-13(19)9-21;/h12-13H,4-11,19H2,1-3H3,(H,20,25);1H. The van der Waals surface area contributed by atoms with Gasteiger partial charge in [0, 0.05) is 19.1 Å². The van der Waals surface area contributed by atoms with Crippen LogP contribution in [0.25, 0.3) is 0 Å². The highest BCUT2D eigenvalue weighted by Crippen LogP contribution is 2.46.